The molecule has 0 aliphatic rings. The van der Waals surface area contributed by atoms with Gasteiger partial charge in [-0.3, -0.25) is 9.20 Å². The van der Waals surface area contributed by atoms with Gasteiger partial charge in [-0.15, -0.1) is 0 Å². The summed E-state index contributed by atoms with van der Waals surface area (Å²) in [6.07, 6.45) is 3.83. The Labute approximate surface area is 128 Å². The lowest BCUT2D eigenvalue weighted by Gasteiger charge is -2.08. The first kappa shape index (κ1) is 16.0. The van der Waals surface area contributed by atoms with Crippen molar-refractivity contribution in [2.45, 2.75) is 31.0 Å². The number of pyridine rings is 1. The standard InChI is InChI=1S/C14H16N4O3S/c1-3-6-10(9-15)16-13(19)12-11-7-4-5-8-18(11)14(17-12)22(2,20)21/h4-5,7-8,10H,3,6H2,1-2H3,(H,16,19)/t10-/m1/s1. The van der Waals surface area contributed by atoms with E-state index in [-0.39, 0.29) is 10.9 Å². The van der Waals surface area contributed by atoms with Crippen molar-refractivity contribution < 1.29 is 13.2 Å². The zero-order valence-corrected chi connectivity index (χ0v) is 13.1. The fourth-order valence-electron chi connectivity index (χ4n) is 2.12. The predicted molar refractivity (Wildman–Crippen MR) is 80.1 cm³/mol. The van der Waals surface area contributed by atoms with Gasteiger partial charge in [0, 0.05) is 12.5 Å². The molecule has 0 saturated heterocycles. The second-order valence-electron chi connectivity index (χ2n) is 4.91. The Morgan fingerprint density at radius 1 is 1.50 bits per heavy atom. The lowest BCUT2D eigenvalue weighted by molar-refractivity contribution is 0.0940. The van der Waals surface area contributed by atoms with Crippen molar-refractivity contribution in [1.82, 2.24) is 14.7 Å². The normalized spacial score (nSPS) is 12.8. The molecule has 0 spiro atoms. The fourth-order valence-corrected chi connectivity index (χ4v) is 2.90. The Kier molecular flexibility index (Phi) is 4.47. The molecule has 2 aromatic heterocycles. The van der Waals surface area contributed by atoms with Gasteiger partial charge in [0.1, 0.15) is 6.04 Å². The lowest BCUT2D eigenvalue weighted by atomic mass is 10.2. The van der Waals surface area contributed by atoms with Crippen LogP contribution < -0.4 is 5.32 Å². The van der Waals surface area contributed by atoms with Crippen LogP contribution in [0.15, 0.2) is 29.6 Å². The summed E-state index contributed by atoms with van der Waals surface area (Å²) in [7, 11) is -3.58. The molecule has 0 saturated carbocycles. The number of aromatic nitrogens is 2. The van der Waals surface area contributed by atoms with E-state index in [4.69, 9.17) is 5.26 Å². The summed E-state index contributed by atoms with van der Waals surface area (Å²) in [6.45, 7) is 1.91. The van der Waals surface area contributed by atoms with E-state index in [0.717, 1.165) is 12.7 Å². The summed E-state index contributed by atoms with van der Waals surface area (Å²) in [4.78, 5) is 16.3. The van der Waals surface area contributed by atoms with Crippen molar-refractivity contribution >= 4 is 21.3 Å². The third-order valence-corrected chi connectivity index (χ3v) is 4.05. The molecule has 0 aliphatic heterocycles. The van der Waals surface area contributed by atoms with Crippen LogP contribution in [0, 0.1) is 11.3 Å². The van der Waals surface area contributed by atoms with Crippen LogP contribution in [0.1, 0.15) is 30.3 Å². The number of hydrogen-bond acceptors (Lipinski definition) is 5. The van der Waals surface area contributed by atoms with Crippen LogP contribution in [0.4, 0.5) is 0 Å². The van der Waals surface area contributed by atoms with E-state index in [1.807, 2.05) is 13.0 Å². The number of hydrogen-bond donors (Lipinski definition) is 1. The highest BCUT2D eigenvalue weighted by Gasteiger charge is 2.23. The molecule has 1 atom stereocenters. The summed E-state index contributed by atoms with van der Waals surface area (Å²) in [6, 6.07) is 6.33. The Morgan fingerprint density at radius 2 is 2.23 bits per heavy atom. The predicted octanol–water partition coefficient (Wildman–Crippen LogP) is 1.16. The molecular weight excluding hydrogens is 304 g/mol. The van der Waals surface area contributed by atoms with Crippen molar-refractivity contribution in [2.24, 2.45) is 0 Å². The number of nitrogens with one attached hydrogen (secondary N) is 1. The van der Waals surface area contributed by atoms with Crippen LogP contribution in [0.2, 0.25) is 0 Å². The third-order valence-electron chi connectivity index (χ3n) is 3.10. The zero-order chi connectivity index (χ0) is 16.3. The highest BCUT2D eigenvalue weighted by molar-refractivity contribution is 7.90. The molecule has 22 heavy (non-hydrogen) atoms. The molecule has 1 amide bonds. The minimum atomic E-state index is -3.58. The van der Waals surface area contributed by atoms with Gasteiger partial charge in [0.15, 0.2) is 5.69 Å². The number of nitrogens with zero attached hydrogens (tertiary/aromatic N) is 3. The largest absolute Gasteiger partial charge is 0.335 e. The minimum absolute atomic E-state index is 0.00243. The van der Waals surface area contributed by atoms with Crippen molar-refractivity contribution in [3.05, 3.63) is 30.1 Å². The Morgan fingerprint density at radius 3 is 2.82 bits per heavy atom. The average Bonchev–Trinajstić information content (AvgIpc) is 2.86. The quantitative estimate of drug-likeness (QED) is 0.890. The van der Waals surface area contributed by atoms with E-state index >= 15 is 0 Å². The topological polar surface area (TPSA) is 104 Å². The molecule has 0 aromatic carbocycles. The maximum absolute atomic E-state index is 12.3. The van der Waals surface area contributed by atoms with Crippen molar-refractivity contribution in [2.75, 3.05) is 6.26 Å². The highest BCUT2D eigenvalue weighted by atomic mass is 32.2. The molecule has 2 rings (SSSR count). The molecule has 0 fully saturated rings. The molecular formula is C14H16N4O3S. The van der Waals surface area contributed by atoms with Gasteiger partial charge >= 0.3 is 0 Å². The average molecular weight is 320 g/mol. The molecule has 8 heteroatoms. The molecule has 0 aliphatic carbocycles. The van der Waals surface area contributed by atoms with Crippen LogP contribution in [0.25, 0.3) is 5.52 Å². The van der Waals surface area contributed by atoms with Gasteiger partial charge in [-0.1, -0.05) is 19.4 Å². The van der Waals surface area contributed by atoms with Crippen LogP contribution in [0.5, 0.6) is 0 Å². The first-order chi connectivity index (χ1) is 10.4. The van der Waals surface area contributed by atoms with E-state index in [9.17, 15) is 13.2 Å². The second-order valence-corrected chi connectivity index (χ2v) is 6.82. The lowest BCUT2D eigenvalue weighted by Crippen LogP contribution is -2.34. The second kappa shape index (κ2) is 6.15. The van der Waals surface area contributed by atoms with E-state index in [0.29, 0.717) is 11.9 Å². The van der Waals surface area contributed by atoms with E-state index in [2.05, 4.69) is 10.3 Å². The summed E-state index contributed by atoms with van der Waals surface area (Å²) in [5.74, 6) is -0.557. The fraction of sp³-hybridized carbons (Fsp3) is 0.357. The first-order valence-electron chi connectivity index (χ1n) is 6.76. The molecule has 0 unspecified atom stereocenters. The Balaban J connectivity index is 2.48. The number of fused-ring (bicyclic) bond motifs is 1. The number of carbonyl (C=O) groups excluding carboxylic acids is 1. The number of sulfone groups is 1. The van der Waals surface area contributed by atoms with Gasteiger partial charge in [0.05, 0.1) is 11.6 Å². The number of rotatable bonds is 5. The smallest absolute Gasteiger partial charge is 0.273 e. The van der Waals surface area contributed by atoms with Crippen molar-refractivity contribution in [1.29, 1.82) is 5.26 Å². The number of carbonyl (C=O) groups is 1. The minimum Gasteiger partial charge on any atom is -0.335 e. The third kappa shape index (κ3) is 3.09. The van der Waals surface area contributed by atoms with Gasteiger partial charge in [-0.05, 0) is 18.6 Å². The van der Waals surface area contributed by atoms with Crippen molar-refractivity contribution in [3.63, 3.8) is 0 Å². The summed E-state index contributed by atoms with van der Waals surface area (Å²) in [5, 5.41) is 11.4. The molecule has 2 aromatic rings. The van der Waals surface area contributed by atoms with Gasteiger partial charge in [-0.2, -0.15) is 5.26 Å². The van der Waals surface area contributed by atoms with Crippen molar-refractivity contribution in [3.8, 4) is 6.07 Å². The van der Waals surface area contributed by atoms with Crippen LogP contribution in [-0.2, 0) is 9.84 Å². The maximum atomic E-state index is 12.3. The Bertz CT molecular complexity index is 849. The highest BCUT2D eigenvalue weighted by Crippen LogP contribution is 2.17. The van der Waals surface area contributed by atoms with E-state index in [1.165, 1.54) is 10.6 Å². The molecule has 1 N–H and O–H groups in total. The zero-order valence-electron chi connectivity index (χ0n) is 12.3. The first-order valence-corrected chi connectivity index (χ1v) is 8.65. The number of imidazole rings is 1. The van der Waals surface area contributed by atoms with Gasteiger partial charge in [0.25, 0.3) is 5.91 Å². The molecule has 2 heterocycles. The van der Waals surface area contributed by atoms with Gasteiger partial charge in [0.2, 0.25) is 15.0 Å². The maximum Gasteiger partial charge on any atom is 0.273 e. The van der Waals surface area contributed by atoms with Crippen LogP contribution in [0.3, 0.4) is 0 Å². The molecule has 116 valence electrons. The van der Waals surface area contributed by atoms with Crippen LogP contribution in [-0.4, -0.2) is 36.0 Å². The van der Waals surface area contributed by atoms with E-state index in [1.54, 1.807) is 18.2 Å². The summed E-state index contributed by atoms with van der Waals surface area (Å²) < 4.78 is 24.9. The molecule has 7 nitrogen and oxygen atoms in total. The number of amides is 1. The monoisotopic (exact) mass is 320 g/mol. The summed E-state index contributed by atoms with van der Waals surface area (Å²) >= 11 is 0. The van der Waals surface area contributed by atoms with E-state index < -0.39 is 21.8 Å². The SMILES string of the molecule is CCC[C@H](C#N)NC(=O)c1nc(S(C)(=O)=O)n2ccccc12. The molecule has 0 bridgehead atoms. The molecule has 0 radical (unpaired) electrons. The van der Waals surface area contributed by atoms with Crippen LogP contribution >= 0.6 is 0 Å². The van der Waals surface area contributed by atoms with Gasteiger partial charge in [-0.25, -0.2) is 13.4 Å². The Hall–Kier alpha value is -2.40. The van der Waals surface area contributed by atoms with Gasteiger partial charge < -0.3 is 5.32 Å². The number of nitriles is 1. The summed E-state index contributed by atoms with van der Waals surface area (Å²) in [5.41, 5.74) is 0.381.